The Kier molecular flexibility index (Phi) is 2.86. The Morgan fingerprint density at radius 1 is 1.20 bits per heavy atom. The molecule has 0 bridgehead atoms. The number of benzene rings is 2. The van der Waals surface area contributed by atoms with Crippen molar-refractivity contribution in [3.05, 3.63) is 40.6 Å². The second-order valence-corrected chi connectivity index (χ2v) is 3.82. The molecule has 0 spiro atoms. The third-order valence-corrected chi connectivity index (χ3v) is 2.76. The number of ether oxygens (including phenoxy) is 1. The second-order valence-electron chi connectivity index (χ2n) is 2.97. The molecule has 2 aromatic carbocycles. The minimum Gasteiger partial charge on any atom is -0.459 e. The quantitative estimate of drug-likeness (QED) is 0.802. The highest BCUT2D eigenvalue weighted by Gasteiger charge is 2.11. The zero-order valence-corrected chi connectivity index (χ0v) is 9.22. The summed E-state index contributed by atoms with van der Waals surface area (Å²) < 4.78 is 30.8. The highest BCUT2D eigenvalue weighted by atomic mass is 79.9. The molecule has 78 valence electrons. The Morgan fingerprint density at radius 3 is 2.73 bits per heavy atom. The van der Waals surface area contributed by atoms with Gasteiger partial charge in [-0.2, -0.15) is 0 Å². The maximum absolute atomic E-state index is 13.4. The Hall–Kier alpha value is -1.16. The van der Waals surface area contributed by atoms with Gasteiger partial charge in [0, 0.05) is 9.86 Å². The fraction of sp³-hybridized carbons (Fsp3) is 0.0909. The Labute approximate surface area is 93.8 Å². The van der Waals surface area contributed by atoms with Crippen molar-refractivity contribution < 1.29 is 13.5 Å². The van der Waals surface area contributed by atoms with Crippen LogP contribution in [-0.2, 0) is 0 Å². The van der Waals surface area contributed by atoms with Crippen LogP contribution in [0.15, 0.2) is 34.8 Å². The van der Waals surface area contributed by atoms with Gasteiger partial charge in [0.2, 0.25) is 6.86 Å². The van der Waals surface area contributed by atoms with Crippen LogP contribution in [0.25, 0.3) is 10.8 Å². The van der Waals surface area contributed by atoms with E-state index in [4.69, 9.17) is 0 Å². The summed E-state index contributed by atoms with van der Waals surface area (Å²) in [6, 6.07) is 8.28. The van der Waals surface area contributed by atoms with E-state index in [1.165, 1.54) is 6.07 Å². The molecule has 0 radical (unpaired) electrons. The molecule has 0 aliphatic heterocycles. The number of rotatable bonds is 2. The van der Waals surface area contributed by atoms with E-state index in [9.17, 15) is 8.78 Å². The molecule has 0 saturated heterocycles. The number of alkyl halides is 1. The lowest BCUT2D eigenvalue weighted by molar-refractivity contribution is 0.187. The van der Waals surface area contributed by atoms with Gasteiger partial charge in [-0.25, -0.2) is 8.78 Å². The first-order valence-electron chi connectivity index (χ1n) is 4.29. The lowest BCUT2D eigenvalue weighted by atomic mass is 10.1. The zero-order chi connectivity index (χ0) is 10.8. The van der Waals surface area contributed by atoms with E-state index < -0.39 is 12.7 Å². The minimum absolute atomic E-state index is 0.0533. The third kappa shape index (κ3) is 1.81. The molecule has 2 rings (SSSR count). The average Bonchev–Trinajstić information content (AvgIpc) is 2.23. The van der Waals surface area contributed by atoms with Crippen molar-refractivity contribution >= 4 is 26.7 Å². The van der Waals surface area contributed by atoms with Crippen LogP contribution in [0.3, 0.4) is 0 Å². The van der Waals surface area contributed by atoms with Gasteiger partial charge in [-0.05, 0) is 17.5 Å². The van der Waals surface area contributed by atoms with Crippen LogP contribution >= 0.6 is 15.9 Å². The smallest absolute Gasteiger partial charge is 0.228 e. The largest absolute Gasteiger partial charge is 0.459 e. The van der Waals surface area contributed by atoms with Gasteiger partial charge in [0.25, 0.3) is 0 Å². The molecule has 0 amide bonds. The summed E-state index contributed by atoms with van der Waals surface area (Å²) in [6.45, 7) is -1.04. The van der Waals surface area contributed by atoms with Crippen LogP contribution in [0, 0.1) is 5.82 Å². The minimum atomic E-state index is -1.04. The van der Waals surface area contributed by atoms with Gasteiger partial charge in [-0.15, -0.1) is 0 Å². The molecule has 0 aliphatic rings. The van der Waals surface area contributed by atoms with Crippen LogP contribution in [0.1, 0.15) is 0 Å². The van der Waals surface area contributed by atoms with E-state index in [0.717, 1.165) is 5.39 Å². The maximum atomic E-state index is 13.4. The molecule has 0 heterocycles. The molecule has 0 unspecified atom stereocenters. The zero-order valence-electron chi connectivity index (χ0n) is 7.64. The Morgan fingerprint density at radius 2 is 2.00 bits per heavy atom. The Balaban J connectivity index is 2.78. The summed E-state index contributed by atoms with van der Waals surface area (Å²) in [5.41, 5.74) is 0. The van der Waals surface area contributed by atoms with Gasteiger partial charge in [0.1, 0.15) is 0 Å². The van der Waals surface area contributed by atoms with Gasteiger partial charge in [0.15, 0.2) is 11.6 Å². The van der Waals surface area contributed by atoms with Gasteiger partial charge in [0.05, 0.1) is 0 Å². The van der Waals surface area contributed by atoms with E-state index in [0.29, 0.717) is 9.86 Å². The molecule has 0 N–H and O–H groups in total. The molecule has 1 nitrogen and oxygen atoms in total. The molecule has 0 fully saturated rings. The summed E-state index contributed by atoms with van der Waals surface area (Å²) in [5.74, 6) is -0.616. The Bertz CT molecular complexity index is 499. The van der Waals surface area contributed by atoms with E-state index in [1.807, 2.05) is 12.1 Å². The van der Waals surface area contributed by atoms with Crippen LogP contribution in [0.5, 0.6) is 5.75 Å². The molecular formula is C11H7BrF2O. The van der Waals surface area contributed by atoms with Crippen LogP contribution in [0.4, 0.5) is 8.78 Å². The fourth-order valence-electron chi connectivity index (χ4n) is 1.47. The molecule has 0 aliphatic carbocycles. The SMILES string of the molecule is FCOc1c(F)ccc2cccc(Br)c12. The lowest BCUT2D eigenvalue weighted by Gasteiger charge is -2.08. The maximum Gasteiger partial charge on any atom is 0.228 e. The van der Waals surface area contributed by atoms with Crippen molar-refractivity contribution in [3.63, 3.8) is 0 Å². The van der Waals surface area contributed by atoms with Gasteiger partial charge in [-0.3, -0.25) is 0 Å². The predicted molar refractivity (Wildman–Crippen MR) is 58.2 cm³/mol. The fourth-order valence-corrected chi connectivity index (χ4v) is 2.03. The number of fused-ring (bicyclic) bond motifs is 1. The van der Waals surface area contributed by atoms with Crippen molar-refractivity contribution in [3.8, 4) is 5.75 Å². The normalized spacial score (nSPS) is 10.6. The van der Waals surface area contributed by atoms with Crippen molar-refractivity contribution in [2.75, 3.05) is 6.86 Å². The third-order valence-electron chi connectivity index (χ3n) is 2.10. The summed E-state index contributed by atoms with van der Waals surface area (Å²) in [6.07, 6.45) is 0. The van der Waals surface area contributed by atoms with E-state index in [1.54, 1.807) is 12.1 Å². The molecule has 0 atom stereocenters. The van der Waals surface area contributed by atoms with Crippen molar-refractivity contribution in [1.82, 2.24) is 0 Å². The second kappa shape index (κ2) is 4.14. The first-order chi connectivity index (χ1) is 7.24. The van der Waals surface area contributed by atoms with E-state index in [2.05, 4.69) is 20.7 Å². The average molecular weight is 273 g/mol. The highest BCUT2D eigenvalue weighted by molar-refractivity contribution is 9.10. The summed E-state index contributed by atoms with van der Waals surface area (Å²) >= 11 is 3.28. The predicted octanol–water partition coefficient (Wildman–Crippen LogP) is 4.05. The van der Waals surface area contributed by atoms with E-state index >= 15 is 0 Å². The van der Waals surface area contributed by atoms with Crippen LogP contribution in [0.2, 0.25) is 0 Å². The van der Waals surface area contributed by atoms with Crippen molar-refractivity contribution in [2.24, 2.45) is 0 Å². The molecule has 15 heavy (non-hydrogen) atoms. The summed E-state index contributed by atoms with van der Waals surface area (Å²) in [5, 5.41) is 1.35. The summed E-state index contributed by atoms with van der Waals surface area (Å²) in [4.78, 5) is 0. The lowest BCUT2D eigenvalue weighted by Crippen LogP contribution is -1.95. The van der Waals surface area contributed by atoms with Crippen LogP contribution in [-0.4, -0.2) is 6.86 Å². The van der Waals surface area contributed by atoms with Gasteiger partial charge >= 0.3 is 0 Å². The topological polar surface area (TPSA) is 9.23 Å². The number of hydrogen-bond donors (Lipinski definition) is 0. The molecular weight excluding hydrogens is 266 g/mol. The molecule has 4 heteroatoms. The van der Waals surface area contributed by atoms with Crippen molar-refractivity contribution in [1.29, 1.82) is 0 Å². The first-order valence-corrected chi connectivity index (χ1v) is 5.09. The van der Waals surface area contributed by atoms with Crippen LogP contribution < -0.4 is 4.74 Å². The summed E-state index contributed by atoms with van der Waals surface area (Å²) in [7, 11) is 0. The van der Waals surface area contributed by atoms with Crippen molar-refractivity contribution in [2.45, 2.75) is 0 Å². The van der Waals surface area contributed by atoms with Gasteiger partial charge in [-0.1, -0.05) is 34.1 Å². The number of hydrogen-bond acceptors (Lipinski definition) is 1. The standard InChI is InChI=1S/C11H7BrF2O/c12-8-3-1-2-7-4-5-9(14)11(10(7)8)15-6-13/h1-5H,6H2. The van der Waals surface area contributed by atoms with E-state index in [-0.39, 0.29) is 5.75 Å². The molecule has 0 saturated carbocycles. The molecule has 0 aromatic heterocycles. The number of halogens is 3. The monoisotopic (exact) mass is 272 g/mol. The molecule has 2 aromatic rings. The highest BCUT2D eigenvalue weighted by Crippen LogP contribution is 2.34. The first kappa shape index (κ1) is 10.4. The van der Waals surface area contributed by atoms with Gasteiger partial charge < -0.3 is 4.74 Å².